The molecular formula is C26H28FN3O4S. The molecule has 2 N–H and O–H groups in total. The Kier molecular flexibility index (Phi) is 8.24. The van der Waals surface area contributed by atoms with Crippen LogP contribution in [0.1, 0.15) is 36.2 Å². The van der Waals surface area contributed by atoms with Crippen molar-refractivity contribution in [3.8, 4) is 0 Å². The molecule has 0 fully saturated rings. The highest BCUT2D eigenvalue weighted by Crippen LogP contribution is 2.25. The average molecular weight is 498 g/mol. The minimum atomic E-state index is -4.19. The van der Waals surface area contributed by atoms with Crippen molar-refractivity contribution in [3.05, 3.63) is 89.7 Å². The van der Waals surface area contributed by atoms with E-state index in [0.29, 0.717) is 0 Å². The number of carbonyl (C=O) groups excluding carboxylic acids is 2. The fourth-order valence-electron chi connectivity index (χ4n) is 3.27. The molecule has 7 nitrogen and oxygen atoms in total. The predicted octanol–water partition coefficient (Wildman–Crippen LogP) is 4.50. The van der Waals surface area contributed by atoms with Gasteiger partial charge < -0.3 is 10.6 Å². The van der Waals surface area contributed by atoms with Gasteiger partial charge in [0.15, 0.2) is 0 Å². The van der Waals surface area contributed by atoms with Gasteiger partial charge in [0.2, 0.25) is 5.91 Å². The zero-order valence-corrected chi connectivity index (χ0v) is 20.6. The zero-order valence-electron chi connectivity index (χ0n) is 19.8. The van der Waals surface area contributed by atoms with Crippen LogP contribution in [0.3, 0.4) is 0 Å². The third-order valence-corrected chi connectivity index (χ3v) is 7.23. The monoisotopic (exact) mass is 497 g/mol. The lowest BCUT2D eigenvalue weighted by Gasteiger charge is -2.24. The van der Waals surface area contributed by atoms with Gasteiger partial charge in [-0.25, -0.2) is 12.8 Å². The van der Waals surface area contributed by atoms with E-state index in [0.717, 1.165) is 40.6 Å². The average Bonchev–Trinajstić information content (AvgIpc) is 2.83. The lowest BCUT2D eigenvalue weighted by Crippen LogP contribution is -2.38. The van der Waals surface area contributed by atoms with Crippen LogP contribution in [0.4, 0.5) is 15.8 Å². The number of halogens is 1. The minimum Gasteiger partial charge on any atom is -0.350 e. The number of carbonyl (C=O) groups is 2. The molecule has 0 aliphatic heterocycles. The second-order valence-electron chi connectivity index (χ2n) is 8.18. The van der Waals surface area contributed by atoms with Crippen molar-refractivity contribution in [3.63, 3.8) is 0 Å². The van der Waals surface area contributed by atoms with Crippen molar-refractivity contribution in [1.29, 1.82) is 0 Å². The van der Waals surface area contributed by atoms with Gasteiger partial charge >= 0.3 is 0 Å². The lowest BCUT2D eigenvalue weighted by molar-refractivity contribution is -0.114. The highest BCUT2D eigenvalue weighted by Gasteiger charge is 2.28. The molecule has 3 aromatic rings. The van der Waals surface area contributed by atoms with Crippen LogP contribution in [0.2, 0.25) is 0 Å². The van der Waals surface area contributed by atoms with E-state index in [1.807, 2.05) is 20.8 Å². The molecule has 3 aromatic carbocycles. The topological polar surface area (TPSA) is 95.6 Å². The first kappa shape index (κ1) is 25.9. The number of amides is 2. The molecule has 35 heavy (non-hydrogen) atoms. The van der Waals surface area contributed by atoms with Crippen molar-refractivity contribution in [2.75, 3.05) is 16.2 Å². The van der Waals surface area contributed by atoms with Crippen molar-refractivity contribution >= 4 is 33.2 Å². The fourth-order valence-corrected chi connectivity index (χ4v) is 4.69. The van der Waals surface area contributed by atoms with Gasteiger partial charge in [-0.05, 0) is 68.8 Å². The fraction of sp³-hybridized carbons (Fsp3) is 0.231. The summed E-state index contributed by atoms with van der Waals surface area (Å²) in [7, 11) is -4.19. The Morgan fingerprint density at radius 2 is 1.60 bits per heavy atom. The van der Waals surface area contributed by atoms with E-state index in [9.17, 15) is 22.4 Å². The van der Waals surface area contributed by atoms with Crippen molar-refractivity contribution in [2.45, 2.75) is 38.1 Å². The first-order valence-electron chi connectivity index (χ1n) is 11.2. The smallest absolute Gasteiger partial charge is 0.264 e. The Hall–Kier alpha value is -3.72. The number of hydrogen-bond donors (Lipinski definition) is 2. The van der Waals surface area contributed by atoms with Crippen molar-refractivity contribution < 1.29 is 22.4 Å². The van der Waals surface area contributed by atoms with Crippen LogP contribution in [0.25, 0.3) is 0 Å². The van der Waals surface area contributed by atoms with Gasteiger partial charge in [0.05, 0.1) is 21.8 Å². The predicted molar refractivity (Wildman–Crippen MR) is 134 cm³/mol. The second-order valence-corrected chi connectivity index (χ2v) is 10.0. The van der Waals surface area contributed by atoms with E-state index >= 15 is 0 Å². The van der Waals surface area contributed by atoms with E-state index in [-0.39, 0.29) is 33.8 Å². The molecule has 184 valence electrons. The molecule has 1 atom stereocenters. The number of nitrogens with one attached hydrogen (secondary N) is 2. The zero-order chi connectivity index (χ0) is 25.6. The number of hydrogen-bond acceptors (Lipinski definition) is 4. The molecule has 0 aliphatic carbocycles. The van der Waals surface area contributed by atoms with Crippen LogP contribution in [0, 0.1) is 12.7 Å². The second kappa shape index (κ2) is 11.1. The first-order chi connectivity index (χ1) is 16.6. The Bertz CT molecular complexity index is 1290. The molecule has 0 heterocycles. The van der Waals surface area contributed by atoms with Crippen LogP contribution in [0.15, 0.2) is 77.7 Å². The number of sulfonamides is 1. The van der Waals surface area contributed by atoms with Gasteiger partial charge in [-0.15, -0.1) is 0 Å². The summed E-state index contributed by atoms with van der Waals surface area (Å²) in [5.41, 5.74) is 1.72. The summed E-state index contributed by atoms with van der Waals surface area (Å²) in [6.07, 6.45) is 0.743. The summed E-state index contributed by atoms with van der Waals surface area (Å²) in [6.45, 7) is 5.12. The summed E-state index contributed by atoms with van der Waals surface area (Å²) in [6, 6.07) is 17.5. The van der Waals surface area contributed by atoms with Crippen molar-refractivity contribution in [1.82, 2.24) is 5.32 Å². The van der Waals surface area contributed by atoms with E-state index < -0.39 is 28.3 Å². The maximum absolute atomic E-state index is 13.4. The summed E-state index contributed by atoms with van der Waals surface area (Å²) in [4.78, 5) is 25.6. The van der Waals surface area contributed by atoms with Gasteiger partial charge in [-0.1, -0.05) is 36.8 Å². The molecule has 0 saturated heterocycles. The molecule has 9 heteroatoms. The molecule has 2 amide bonds. The highest BCUT2D eigenvalue weighted by atomic mass is 32.2. The van der Waals surface area contributed by atoms with Crippen LogP contribution in [0.5, 0.6) is 0 Å². The Morgan fingerprint density at radius 1 is 0.971 bits per heavy atom. The molecule has 0 radical (unpaired) electrons. The summed E-state index contributed by atoms with van der Waals surface area (Å²) in [5.74, 6) is -1.56. The third-order valence-electron chi connectivity index (χ3n) is 5.45. The van der Waals surface area contributed by atoms with Gasteiger partial charge in [0.1, 0.15) is 12.4 Å². The number of para-hydroxylation sites is 1. The molecule has 3 rings (SSSR count). The number of anilines is 2. The quantitative estimate of drug-likeness (QED) is 0.455. The van der Waals surface area contributed by atoms with E-state index in [1.165, 1.54) is 0 Å². The number of nitrogens with zero attached hydrogens (tertiary/aromatic N) is 1. The molecule has 0 bridgehead atoms. The van der Waals surface area contributed by atoms with E-state index in [2.05, 4.69) is 10.6 Å². The van der Waals surface area contributed by atoms with Crippen LogP contribution in [-0.2, 0) is 14.8 Å². The minimum absolute atomic E-state index is 0.0517. The van der Waals surface area contributed by atoms with Gasteiger partial charge in [0, 0.05) is 6.04 Å². The summed E-state index contributed by atoms with van der Waals surface area (Å²) < 4.78 is 41.2. The maximum atomic E-state index is 13.4. The summed E-state index contributed by atoms with van der Waals surface area (Å²) >= 11 is 0. The molecular weight excluding hydrogens is 469 g/mol. The maximum Gasteiger partial charge on any atom is 0.264 e. The first-order valence-corrected chi connectivity index (χ1v) is 12.6. The van der Waals surface area contributed by atoms with Crippen molar-refractivity contribution in [2.24, 2.45) is 0 Å². The normalized spacial score (nSPS) is 12.0. The van der Waals surface area contributed by atoms with E-state index in [4.69, 9.17) is 0 Å². The molecule has 0 saturated carbocycles. The summed E-state index contributed by atoms with van der Waals surface area (Å²) in [5, 5.41) is 5.52. The molecule has 0 spiro atoms. The molecule has 0 unspecified atom stereocenters. The number of rotatable bonds is 9. The van der Waals surface area contributed by atoms with Crippen LogP contribution in [-0.4, -0.2) is 32.8 Å². The van der Waals surface area contributed by atoms with E-state index in [1.54, 1.807) is 48.5 Å². The lowest BCUT2D eigenvalue weighted by atomic mass is 10.1. The largest absolute Gasteiger partial charge is 0.350 e. The van der Waals surface area contributed by atoms with Crippen LogP contribution < -0.4 is 14.9 Å². The van der Waals surface area contributed by atoms with Gasteiger partial charge in [0.25, 0.3) is 15.9 Å². The molecule has 0 aromatic heterocycles. The Morgan fingerprint density at radius 3 is 2.23 bits per heavy atom. The SMILES string of the molecule is CC[C@@H](C)NC(=O)c1ccccc1NC(=O)CN(c1ccc(C)cc1)S(=O)(=O)c1ccc(F)cc1. The standard InChI is InChI=1S/C26H28FN3O4S/c1-4-19(3)28-26(32)23-7-5-6-8-24(23)29-25(31)17-30(21-13-9-18(2)10-14-21)35(33,34)22-15-11-20(27)12-16-22/h5-16,19H,4,17H2,1-3H3,(H,28,32)(H,29,31)/t19-/m1/s1. The highest BCUT2D eigenvalue weighted by molar-refractivity contribution is 7.92. The Labute approximate surface area is 205 Å². The number of aryl methyl sites for hydroxylation is 1. The number of benzene rings is 3. The Balaban J connectivity index is 1.90. The molecule has 0 aliphatic rings. The van der Waals surface area contributed by atoms with Crippen LogP contribution >= 0.6 is 0 Å². The van der Waals surface area contributed by atoms with Gasteiger partial charge in [-0.3, -0.25) is 13.9 Å². The third kappa shape index (κ3) is 6.45. The van der Waals surface area contributed by atoms with Gasteiger partial charge in [-0.2, -0.15) is 0 Å².